The van der Waals surface area contributed by atoms with E-state index in [1.54, 1.807) is 0 Å². The van der Waals surface area contributed by atoms with Crippen LogP contribution in [0.5, 0.6) is 0 Å². The maximum Gasteiger partial charge on any atom is 0.0540 e. The van der Waals surface area contributed by atoms with Gasteiger partial charge in [0.1, 0.15) is 0 Å². The molecule has 0 spiro atoms. The Morgan fingerprint density at radius 2 is 2.36 bits per heavy atom. The van der Waals surface area contributed by atoms with E-state index < -0.39 is 0 Å². The summed E-state index contributed by atoms with van der Waals surface area (Å²) < 4.78 is 1.96. The number of hydrogen-bond acceptors (Lipinski definition) is 2. The van der Waals surface area contributed by atoms with Crippen LogP contribution in [-0.4, -0.2) is 9.78 Å². The first kappa shape index (κ1) is 8.27. The molecule has 0 aromatic carbocycles. The minimum atomic E-state index is 0.0929. The summed E-state index contributed by atoms with van der Waals surface area (Å²) in [5.41, 5.74) is 8.06. The topological polar surface area (TPSA) is 43.8 Å². The van der Waals surface area contributed by atoms with Gasteiger partial charge in [0.05, 0.1) is 6.20 Å². The Kier molecular flexibility index (Phi) is 2.29. The molecule has 3 nitrogen and oxygen atoms in total. The van der Waals surface area contributed by atoms with Crippen LogP contribution >= 0.6 is 0 Å². The zero-order valence-electron chi connectivity index (χ0n) is 7.33. The van der Waals surface area contributed by atoms with Crippen molar-refractivity contribution in [3.8, 4) is 0 Å². The smallest absolute Gasteiger partial charge is 0.0540 e. The number of aryl methyl sites for hydroxylation is 1. The molecule has 11 heavy (non-hydrogen) atoms. The van der Waals surface area contributed by atoms with Gasteiger partial charge in [-0.15, -0.1) is 0 Å². The van der Waals surface area contributed by atoms with Crippen molar-refractivity contribution in [2.45, 2.75) is 33.4 Å². The molecule has 0 saturated carbocycles. The maximum absolute atomic E-state index is 5.73. The Morgan fingerprint density at radius 3 is 2.64 bits per heavy atom. The van der Waals surface area contributed by atoms with E-state index in [0.717, 1.165) is 12.1 Å². The van der Waals surface area contributed by atoms with Crippen molar-refractivity contribution < 1.29 is 0 Å². The largest absolute Gasteiger partial charge is 0.324 e. The van der Waals surface area contributed by atoms with Crippen LogP contribution in [0.25, 0.3) is 0 Å². The van der Waals surface area contributed by atoms with Crippen LogP contribution in [0, 0.1) is 6.92 Å². The molecule has 2 N–H and O–H groups in total. The molecule has 62 valence electrons. The second kappa shape index (κ2) is 3.05. The van der Waals surface area contributed by atoms with Gasteiger partial charge in [-0.3, -0.25) is 4.68 Å². The Labute approximate surface area is 67.2 Å². The third-order valence-corrected chi connectivity index (χ3v) is 1.93. The summed E-state index contributed by atoms with van der Waals surface area (Å²) in [5, 5.41) is 4.19. The first-order valence-corrected chi connectivity index (χ1v) is 3.94. The van der Waals surface area contributed by atoms with E-state index in [4.69, 9.17) is 5.73 Å². The molecule has 0 amide bonds. The van der Waals surface area contributed by atoms with Gasteiger partial charge in [-0.05, 0) is 20.8 Å². The summed E-state index contributed by atoms with van der Waals surface area (Å²) in [6.45, 7) is 7.02. The number of nitrogens with zero attached hydrogens (tertiary/aromatic N) is 2. The zero-order chi connectivity index (χ0) is 8.43. The van der Waals surface area contributed by atoms with E-state index in [2.05, 4.69) is 18.9 Å². The fourth-order valence-electron chi connectivity index (χ4n) is 1.23. The van der Waals surface area contributed by atoms with E-state index >= 15 is 0 Å². The summed E-state index contributed by atoms with van der Waals surface area (Å²) in [6.07, 6.45) is 1.85. The van der Waals surface area contributed by atoms with Gasteiger partial charge in [-0.2, -0.15) is 5.10 Å². The Hall–Kier alpha value is -0.830. The Balaban J connectivity index is 3.00. The van der Waals surface area contributed by atoms with Gasteiger partial charge in [-0.1, -0.05) is 0 Å². The van der Waals surface area contributed by atoms with Crippen LogP contribution in [0.3, 0.4) is 0 Å². The van der Waals surface area contributed by atoms with Gasteiger partial charge in [-0.25, -0.2) is 0 Å². The van der Waals surface area contributed by atoms with Crippen molar-refractivity contribution in [2.24, 2.45) is 5.73 Å². The highest BCUT2D eigenvalue weighted by atomic mass is 15.3. The number of nitrogens with two attached hydrogens (primary N) is 1. The van der Waals surface area contributed by atoms with E-state index in [0.29, 0.717) is 0 Å². The van der Waals surface area contributed by atoms with Crippen molar-refractivity contribution in [2.75, 3.05) is 0 Å². The summed E-state index contributed by atoms with van der Waals surface area (Å²) in [5.74, 6) is 0. The van der Waals surface area contributed by atoms with Gasteiger partial charge in [0.25, 0.3) is 0 Å². The molecule has 1 atom stereocenters. The van der Waals surface area contributed by atoms with Gasteiger partial charge in [0, 0.05) is 23.8 Å². The average molecular weight is 153 g/mol. The van der Waals surface area contributed by atoms with Gasteiger partial charge < -0.3 is 5.73 Å². The Morgan fingerprint density at radius 1 is 1.73 bits per heavy atom. The molecule has 0 bridgehead atoms. The van der Waals surface area contributed by atoms with E-state index in [1.807, 2.05) is 17.8 Å². The average Bonchev–Trinajstić information content (AvgIpc) is 2.30. The molecule has 0 radical (unpaired) electrons. The molecule has 0 fully saturated rings. The summed E-state index contributed by atoms with van der Waals surface area (Å²) >= 11 is 0. The molecule has 1 heterocycles. The van der Waals surface area contributed by atoms with Crippen LogP contribution < -0.4 is 5.73 Å². The minimum Gasteiger partial charge on any atom is -0.324 e. The predicted octanol–water partition coefficient (Wildman–Crippen LogP) is 1.23. The van der Waals surface area contributed by atoms with E-state index in [9.17, 15) is 0 Å². The molecule has 0 aliphatic rings. The summed E-state index contributed by atoms with van der Waals surface area (Å²) in [7, 11) is 0. The summed E-state index contributed by atoms with van der Waals surface area (Å²) in [4.78, 5) is 0. The molecular weight excluding hydrogens is 138 g/mol. The molecule has 1 aromatic rings. The molecule has 0 aliphatic heterocycles. The lowest BCUT2D eigenvalue weighted by molar-refractivity contribution is 0.636. The molecule has 1 aromatic heterocycles. The van der Waals surface area contributed by atoms with Gasteiger partial charge >= 0.3 is 0 Å². The second-order valence-corrected chi connectivity index (χ2v) is 2.79. The Bertz CT molecular complexity index is 237. The maximum atomic E-state index is 5.73. The van der Waals surface area contributed by atoms with Crippen LogP contribution in [0.4, 0.5) is 0 Å². The highest BCUT2D eigenvalue weighted by molar-refractivity contribution is 5.19. The van der Waals surface area contributed by atoms with Crippen molar-refractivity contribution in [3.05, 3.63) is 17.5 Å². The van der Waals surface area contributed by atoms with E-state index in [1.165, 1.54) is 5.69 Å². The highest BCUT2D eigenvalue weighted by Gasteiger charge is 2.07. The molecule has 3 heteroatoms. The van der Waals surface area contributed by atoms with Crippen molar-refractivity contribution >= 4 is 0 Å². The normalized spacial score (nSPS) is 13.5. The lowest BCUT2D eigenvalue weighted by atomic mass is 10.1. The third-order valence-electron chi connectivity index (χ3n) is 1.93. The fourth-order valence-corrected chi connectivity index (χ4v) is 1.23. The lowest BCUT2D eigenvalue weighted by Crippen LogP contribution is -2.07. The first-order chi connectivity index (χ1) is 5.16. The summed E-state index contributed by atoms with van der Waals surface area (Å²) in [6, 6.07) is 0.0929. The highest BCUT2D eigenvalue weighted by Crippen LogP contribution is 2.13. The number of rotatable bonds is 2. The fraction of sp³-hybridized carbons (Fsp3) is 0.625. The molecule has 1 rings (SSSR count). The van der Waals surface area contributed by atoms with Crippen molar-refractivity contribution in [1.29, 1.82) is 0 Å². The predicted molar refractivity (Wildman–Crippen MR) is 45.2 cm³/mol. The third kappa shape index (κ3) is 1.43. The lowest BCUT2D eigenvalue weighted by Gasteiger charge is -2.04. The van der Waals surface area contributed by atoms with Crippen LogP contribution in [0.1, 0.15) is 31.1 Å². The van der Waals surface area contributed by atoms with Crippen LogP contribution in [0.2, 0.25) is 0 Å². The van der Waals surface area contributed by atoms with Crippen LogP contribution in [-0.2, 0) is 6.54 Å². The quantitative estimate of drug-likeness (QED) is 0.694. The monoisotopic (exact) mass is 153 g/mol. The SMILES string of the molecule is CCn1ncc(C(C)N)c1C. The minimum absolute atomic E-state index is 0.0929. The van der Waals surface area contributed by atoms with Crippen LogP contribution in [0.15, 0.2) is 6.20 Å². The molecule has 0 aliphatic carbocycles. The second-order valence-electron chi connectivity index (χ2n) is 2.79. The van der Waals surface area contributed by atoms with Gasteiger partial charge in [0.15, 0.2) is 0 Å². The van der Waals surface area contributed by atoms with Gasteiger partial charge in [0.2, 0.25) is 0 Å². The first-order valence-electron chi connectivity index (χ1n) is 3.94. The molecular formula is C8H15N3. The molecule has 0 saturated heterocycles. The van der Waals surface area contributed by atoms with E-state index in [-0.39, 0.29) is 6.04 Å². The molecule has 1 unspecified atom stereocenters. The standard InChI is InChI=1S/C8H15N3/c1-4-11-7(3)8(5-10-11)6(2)9/h5-6H,4,9H2,1-3H3. The zero-order valence-corrected chi connectivity index (χ0v) is 7.33. The van der Waals surface area contributed by atoms with Crippen molar-refractivity contribution in [1.82, 2.24) is 9.78 Å². The van der Waals surface area contributed by atoms with Crippen molar-refractivity contribution in [3.63, 3.8) is 0 Å². The number of aromatic nitrogens is 2. The number of hydrogen-bond donors (Lipinski definition) is 1.